The van der Waals surface area contributed by atoms with Gasteiger partial charge in [-0.05, 0) is 32.0 Å². The molecule has 1 N–H and O–H groups in total. The standard InChI is InChI=1S/C19H20N2O5/c1-3-25-17-9-14-7-12(2)26-18(14)10-15(17)11-20-19(22)13-5-4-6-16(8-13)21(23)24/h4-6,8-10,12H,3,7,11H2,1-2H3,(H,20,22)/t12-/m0/s1. The molecule has 7 heteroatoms. The molecule has 0 saturated carbocycles. The summed E-state index contributed by atoms with van der Waals surface area (Å²) in [7, 11) is 0. The zero-order chi connectivity index (χ0) is 18.7. The topological polar surface area (TPSA) is 90.7 Å². The number of nitro benzene ring substituents is 1. The predicted molar refractivity (Wildman–Crippen MR) is 95.7 cm³/mol. The highest BCUT2D eigenvalue weighted by molar-refractivity contribution is 5.94. The van der Waals surface area contributed by atoms with Crippen molar-refractivity contribution in [1.82, 2.24) is 5.32 Å². The third-order valence-corrected chi connectivity index (χ3v) is 4.14. The lowest BCUT2D eigenvalue weighted by molar-refractivity contribution is -0.384. The molecular weight excluding hydrogens is 336 g/mol. The molecule has 2 aromatic rings. The lowest BCUT2D eigenvalue weighted by Crippen LogP contribution is -2.23. The van der Waals surface area contributed by atoms with Crippen molar-refractivity contribution >= 4 is 11.6 Å². The Morgan fingerprint density at radius 1 is 1.38 bits per heavy atom. The SMILES string of the molecule is CCOc1cc2c(cc1CNC(=O)c1cccc([N+](=O)[O-])c1)O[C@@H](C)C2. The van der Waals surface area contributed by atoms with Crippen LogP contribution in [0.5, 0.6) is 11.5 Å². The molecule has 136 valence electrons. The van der Waals surface area contributed by atoms with E-state index in [9.17, 15) is 14.9 Å². The van der Waals surface area contributed by atoms with Crippen LogP contribution < -0.4 is 14.8 Å². The number of non-ortho nitro benzene ring substituents is 1. The summed E-state index contributed by atoms with van der Waals surface area (Å²) >= 11 is 0. The summed E-state index contributed by atoms with van der Waals surface area (Å²) in [6.45, 7) is 4.66. The lowest BCUT2D eigenvalue weighted by Gasteiger charge is -2.13. The molecule has 3 rings (SSSR count). The number of hydrogen-bond acceptors (Lipinski definition) is 5. The lowest BCUT2D eigenvalue weighted by atomic mass is 10.1. The van der Waals surface area contributed by atoms with Crippen LogP contribution in [0.1, 0.15) is 35.3 Å². The summed E-state index contributed by atoms with van der Waals surface area (Å²) in [5, 5.41) is 13.6. The Labute approximate surface area is 151 Å². The van der Waals surface area contributed by atoms with Crippen LogP contribution in [-0.2, 0) is 13.0 Å². The van der Waals surface area contributed by atoms with Gasteiger partial charge in [-0.1, -0.05) is 6.07 Å². The van der Waals surface area contributed by atoms with E-state index in [0.29, 0.717) is 12.4 Å². The number of carbonyl (C=O) groups excluding carboxylic acids is 1. The minimum atomic E-state index is -0.525. The summed E-state index contributed by atoms with van der Waals surface area (Å²) in [5.41, 5.74) is 2.02. The molecule has 1 atom stereocenters. The van der Waals surface area contributed by atoms with E-state index in [1.165, 1.54) is 18.2 Å². The highest BCUT2D eigenvalue weighted by Gasteiger charge is 2.22. The summed E-state index contributed by atoms with van der Waals surface area (Å²) in [4.78, 5) is 22.7. The minimum absolute atomic E-state index is 0.118. The van der Waals surface area contributed by atoms with Gasteiger partial charge in [-0.25, -0.2) is 0 Å². The normalized spacial score (nSPS) is 15.1. The second-order valence-corrected chi connectivity index (χ2v) is 6.12. The Balaban J connectivity index is 1.76. The Bertz CT molecular complexity index is 850. The van der Waals surface area contributed by atoms with Gasteiger partial charge < -0.3 is 14.8 Å². The average Bonchev–Trinajstić information content (AvgIpc) is 2.98. The van der Waals surface area contributed by atoms with Crippen LogP contribution in [0, 0.1) is 10.1 Å². The van der Waals surface area contributed by atoms with Gasteiger partial charge in [0, 0.05) is 41.8 Å². The Hall–Kier alpha value is -3.09. The van der Waals surface area contributed by atoms with E-state index in [-0.39, 0.29) is 29.8 Å². The van der Waals surface area contributed by atoms with Crippen LogP contribution in [0.25, 0.3) is 0 Å². The van der Waals surface area contributed by atoms with Gasteiger partial charge in [0.05, 0.1) is 11.5 Å². The molecule has 0 bridgehead atoms. The van der Waals surface area contributed by atoms with Gasteiger partial charge in [-0.15, -0.1) is 0 Å². The molecule has 0 unspecified atom stereocenters. The molecular formula is C19H20N2O5. The van der Waals surface area contributed by atoms with E-state index in [0.717, 1.165) is 23.3 Å². The molecule has 1 amide bonds. The van der Waals surface area contributed by atoms with Crippen molar-refractivity contribution in [3.05, 3.63) is 63.2 Å². The number of amides is 1. The van der Waals surface area contributed by atoms with Gasteiger partial charge in [0.2, 0.25) is 0 Å². The number of hydrogen-bond donors (Lipinski definition) is 1. The Kier molecular flexibility index (Phi) is 5.06. The first-order valence-corrected chi connectivity index (χ1v) is 8.45. The molecule has 1 heterocycles. The highest BCUT2D eigenvalue weighted by atomic mass is 16.6. The van der Waals surface area contributed by atoms with Crippen molar-refractivity contribution < 1.29 is 19.2 Å². The Morgan fingerprint density at radius 2 is 2.19 bits per heavy atom. The predicted octanol–water partition coefficient (Wildman–Crippen LogP) is 3.25. The second-order valence-electron chi connectivity index (χ2n) is 6.12. The van der Waals surface area contributed by atoms with Gasteiger partial charge in [-0.2, -0.15) is 0 Å². The third-order valence-electron chi connectivity index (χ3n) is 4.14. The summed E-state index contributed by atoms with van der Waals surface area (Å²) in [6, 6.07) is 9.48. The van der Waals surface area contributed by atoms with Crippen molar-refractivity contribution in [2.45, 2.75) is 32.9 Å². The number of carbonyl (C=O) groups is 1. The first-order valence-electron chi connectivity index (χ1n) is 8.45. The average molecular weight is 356 g/mol. The smallest absolute Gasteiger partial charge is 0.270 e. The number of rotatable bonds is 6. The fraction of sp³-hybridized carbons (Fsp3) is 0.316. The number of nitro groups is 1. The van der Waals surface area contributed by atoms with Crippen molar-refractivity contribution in [1.29, 1.82) is 0 Å². The molecule has 1 aliphatic heterocycles. The van der Waals surface area contributed by atoms with Gasteiger partial charge >= 0.3 is 0 Å². The minimum Gasteiger partial charge on any atom is -0.494 e. The largest absolute Gasteiger partial charge is 0.494 e. The summed E-state index contributed by atoms with van der Waals surface area (Å²) in [5.74, 6) is 1.13. The van der Waals surface area contributed by atoms with Crippen LogP contribution >= 0.6 is 0 Å². The molecule has 0 radical (unpaired) electrons. The van der Waals surface area contributed by atoms with Gasteiger partial charge in [0.25, 0.3) is 11.6 Å². The maximum atomic E-state index is 12.3. The third kappa shape index (κ3) is 3.77. The number of nitrogens with one attached hydrogen (secondary N) is 1. The second kappa shape index (κ2) is 7.43. The summed E-state index contributed by atoms with van der Waals surface area (Å²) in [6.07, 6.45) is 0.949. The molecule has 0 aliphatic carbocycles. The van der Waals surface area contributed by atoms with Gasteiger partial charge in [0.15, 0.2) is 0 Å². The van der Waals surface area contributed by atoms with E-state index in [1.807, 2.05) is 26.0 Å². The molecule has 0 aromatic heterocycles. The quantitative estimate of drug-likeness (QED) is 0.634. The van der Waals surface area contributed by atoms with Gasteiger partial charge in [-0.3, -0.25) is 14.9 Å². The van der Waals surface area contributed by atoms with Crippen LogP contribution in [-0.4, -0.2) is 23.5 Å². The van der Waals surface area contributed by atoms with E-state index < -0.39 is 4.92 Å². The van der Waals surface area contributed by atoms with E-state index >= 15 is 0 Å². The van der Waals surface area contributed by atoms with Crippen LogP contribution in [0.3, 0.4) is 0 Å². The first-order chi connectivity index (χ1) is 12.5. The van der Waals surface area contributed by atoms with Crippen molar-refractivity contribution in [2.24, 2.45) is 0 Å². The van der Waals surface area contributed by atoms with Gasteiger partial charge in [0.1, 0.15) is 17.6 Å². The van der Waals surface area contributed by atoms with E-state index in [4.69, 9.17) is 9.47 Å². The number of ether oxygens (including phenoxy) is 2. The highest BCUT2D eigenvalue weighted by Crippen LogP contribution is 2.35. The van der Waals surface area contributed by atoms with Crippen LogP contribution in [0.4, 0.5) is 5.69 Å². The molecule has 1 aliphatic rings. The number of benzene rings is 2. The fourth-order valence-electron chi connectivity index (χ4n) is 2.95. The maximum absolute atomic E-state index is 12.3. The molecule has 0 saturated heterocycles. The molecule has 0 fully saturated rings. The monoisotopic (exact) mass is 356 g/mol. The number of nitrogens with zero attached hydrogens (tertiary/aromatic N) is 1. The molecule has 0 spiro atoms. The first kappa shape index (κ1) is 17.7. The van der Waals surface area contributed by atoms with E-state index in [2.05, 4.69) is 5.32 Å². The number of fused-ring (bicyclic) bond motifs is 1. The fourth-order valence-corrected chi connectivity index (χ4v) is 2.95. The van der Waals surface area contributed by atoms with Crippen molar-refractivity contribution in [2.75, 3.05) is 6.61 Å². The molecule has 7 nitrogen and oxygen atoms in total. The van der Waals surface area contributed by atoms with Crippen LogP contribution in [0.15, 0.2) is 36.4 Å². The van der Waals surface area contributed by atoms with Crippen LogP contribution in [0.2, 0.25) is 0 Å². The van der Waals surface area contributed by atoms with Crippen molar-refractivity contribution in [3.63, 3.8) is 0 Å². The zero-order valence-electron chi connectivity index (χ0n) is 14.7. The van der Waals surface area contributed by atoms with E-state index in [1.54, 1.807) is 6.07 Å². The summed E-state index contributed by atoms with van der Waals surface area (Å²) < 4.78 is 11.5. The Morgan fingerprint density at radius 3 is 2.92 bits per heavy atom. The van der Waals surface area contributed by atoms with Crippen molar-refractivity contribution in [3.8, 4) is 11.5 Å². The zero-order valence-corrected chi connectivity index (χ0v) is 14.7. The maximum Gasteiger partial charge on any atom is 0.270 e. The molecule has 2 aromatic carbocycles. The molecule has 26 heavy (non-hydrogen) atoms.